The molecule has 2 aromatic carbocycles. The molecule has 0 bridgehead atoms. The number of benzene rings is 2. The number of ether oxygens (including phenoxy) is 1. The zero-order chi connectivity index (χ0) is 17.8. The predicted octanol–water partition coefficient (Wildman–Crippen LogP) is 3.65. The molecule has 6 heteroatoms. The number of nitrogens with one attached hydrogen (secondary N) is 1. The topological polar surface area (TPSA) is 41.6 Å². The molecule has 1 amide bonds. The van der Waals surface area contributed by atoms with Crippen LogP contribution in [0.5, 0.6) is 5.75 Å². The van der Waals surface area contributed by atoms with Gasteiger partial charge in [0.25, 0.3) is 5.91 Å². The van der Waals surface area contributed by atoms with Crippen LogP contribution in [0, 0.1) is 5.82 Å². The third-order valence-electron chi connectivity index (χ3n) is 4.67. The van der Waals surface area contributed by atoms with E-state index in [-0.39, 0.29) is 42.8 Å². The first kappa shape index (κ1) is 20.2. The van der Waals surface area contributed by atoms with Gasteiger partial charge < -0.3 is 15.0 Å². The summed E-state index contributed by atoms with van der Waals surface area (Å²) in [6, 6.07) is 13.9. The van der Waals surface area contributed by atoms with E-state index in [0.29, 0.717) is 17.9 Å². The molecule has 3 rings (SSSR count). The fourth-order valence-corrected chi connectivity index (χ4v) is 3.03. The molecule has 1 aliphatic rings. The first-order chi connectivity index (χ1) is 12.0. The third kappa shape index (κ3) is 4.74. The number of halogens is 2. The van der Waals surface area contributed by atoms with Gasteiger partial charge in [-0.2, -0.15) is 0 Å². The van der Waals surface area contributed by atoms with Crippen molar-refractivity contribution in [2.75, 3.05) is 13.1 Å². The Hall–Kier alpha value is -2.11. The monoisotopic (exact) mass is 378 g/mol. The van der Waals surface area contributed by atoms with E-state index in [4.69, 9.17) is 4.74 Å². The van der Waals surface area contributed by atoms with Gasteiger partial charge in [-0.05, 0) is 43.7 Å². The molecule has 0 aromatic heterocycles. The molecule has 1 fully saturated rings. The van der Waals surface area contributed by atoms with Crippen LogP contribution in [0.15, 0.2) is 48.5 Å². The van der Waals surface area contributed by atoms with Crippen LogP contribution in [0.4, 0.5) is 4.39 Å². The molecule has 0 aliphatic carbocycles. The average Bonchev–Trinajstić information content (AvgIpc) is 2.62. The zero-order valence-corrected chi connectivity index (χ0v) is 15.8. The lowest BCUT2D eigenvalue weighted by Crippen LogP contribution is -2.57. The van der Waals surface area contributed by atoms with Gasteiger partial charge >= 0.3 is 0 Å². The van der Waals surface area contributed by atoms with Crippen molar-refractivity contribution >= 4 is 18.3 Å². The highest BCUT2D eigenvalue weighted by molar-refractivity contribution is 5.94. The molecule has 4 nitrogen and oxygen atoms in total. The summed E-state index contributed by atoms with van der Waals surface area (Å²) in [5, 5.41) is 3.38. The summed E-state index contributed by atoms with van der Waals surface area (Å²) in [7, 11) is 0. The van der Waals surface area contributed by atoms with E-state index in [1.165, 1.54) is 12.1 Å². The predicted molar refractivity (Wildman–Crippen MR) is 102 cm³/mol. The smallest absolute Gasteiger partial charge is 0.254 e. The number of piperazine rings is 1. The normalized spacial score (nSPS) is 19.6. The van der Waals surface area contributed by atoms with Crippen LogP contribution in [0.3, 0.4) is 0 Å². The van der Waals surface area contributed by atoms with Gasteiger partial charge in [0.1, 0.15) is 18.2 Å². The van der Waals surface area contributed by atoms with E-state index < -0.39 is 0 Å². The van der Waals surface area contributed by atoms with Crippen molar-refractivity contribution in [1.29, 1.82) is 0 Å². The summed E-state index contributed by atoms with van der Waals surface area (Å²) in [5.74, 6) is 0.179. The number of carbonyl (C=O) groups excluding carboxylic acids is 1. The molecule has 1 N–H and O–H groups in total. The Labute approximate surface area is 159 Å². The first-order valence-electron chi connectivity index (χ1n) is 8.56. The van der Waals surface area contributed by atoms with Crippen molar-refractivity contribution in [2.24, 2.45) is 0 Å². The maximum absolute atomic E-state index is 13.2. The molecule has 2 aromatic rings. The Morgan fingerprint density at radius 2 is 2.00 bits per heavy atom. The summed E-state index contributed by atoms with van der Waals surface area (Å²) in [4.78, 5) is 14.7. The Kier molecular flexibility index (Phi) is 7.00. The minimum Gasteiger partial charge on any atom is -0.489 e. The highest BCUT2D eigenvalue weighted by atomic mass is 35.5. The molecule has 0 spiro atoms. The van der Waals surface area contributed by atoms with E-state index in [2.05, 4.69) is 19.2 Å². The van der Waals surface area contributed by atoms with Gasteiger partial charge in [-0.25, -0.2) is 4.39 Å². The van der Waals surface area contributed by atoms with Crippen molar-refractivity contribution in [3.8, 4) is 5.75 Å². The van der Waals surface area contributed by atoms with Gasteiger partial charge in [0.15, 0.2) is 0 Å². The van der Waals surface area contributed by atoms with E-state index in [9.17, 15) is 9.18 Å². The van der Waals surface area contributed by atoms with E-state index in [1.807, 2.05) is 29.2 Å². The van der Waals surface area contributed by atoms with Gasteiger partial charge in [-0.3, -0.25) is 4.79 Å². The van der Waals surface area contributed by atoms with E-state index >= 15 is 0 Å². The molecular formula is C20H24ClFN2O2. The van der Waals surface area contributed by atoms with Crippen LogP contribution >= 0.6 is 12.4 Å². The van der Waals surface area contributed by atoms with E-state index in [0.717, 1.165) is 12.1 Å². The van der Waals surface area contributed by atoms with E-state index in [1.54, 1.807) is 12.1 Å². The standard InChI is InChI=1S/C20H23FN2O2.ClH/c1-14-15(2)23(10-9-22-14)20(24)17-6-3-5-16(11-17)13-25-19-8-4-7-18(21)12-19;/h3-8,11-12,14-15,22H,9-10,13H2,1-2H3;1H. The second kappa shape index (κ2) is 9.01. The number of nitrogens with zero attached hydrogens (tertiary/aromatic N) is 1. The number of hydrogen-bond donors (Lipinski definition) is 1. The van der Waals surface area contributed by atoms with Gasteiger partial charge in [0.2, 0.25) is 0 Å². The molecule has 2 atom stereocenters. The molecule has 1 heterocycles. The number of hydrogen-bond acceptors (Lipinski definition) is 3. The van der Waals surface area contributed by atoms with Crippen LogP contribution in [-0.2, 0) is 6.61 Å². The highest BCUT2D eigenvalue weighted by Crippen LogP contribution is 2.17. The molecule has 1 aliphatic heterocycles. The molecular weight excluding hydrogens is 355 g/mol. The van der Waals surface area contributed by atoms with Gasteiger partial charge in [-0.15, -0.1) is 12.4 Å². The lowest BCUT2D eigenvalue weighted by atomic mass is 10.0. The number of rotatable bonds is 4. The summed E-state index contributed by atoms with van der Waals surface area (Å²) < 4.78 is 18.8. The highest BCUT2D eigenvalue weighted by Gasteiger charge is 2.28. The minimum absolute atomic E-state index is 0. The van der Waals surface area contributed by atoms with Crippen molar-refractivity contribution in [2.45, 2.75) is 32.5 Å². The van der Waals surface area contributed by atoms with Crippen LogP contribution in [-0.4, -0.2) is 36.0 Å². The van der Waals surface area contributed by atoms with Gasteiger partial charge in [-0.1, -0.05) is 18.2 Å². The maximum Gasteiger partial charge on any atom is 0.254 e. The molecule has 26 heavy (non-hydrogen) atoms. The quantitative estimate of drug-likeness (QED) is 0.883. The molecule has 0 saturated carbocycles. The number of amides is 1. The summed E-state index contributed by atoms with van der Waals surface area (Å²) in [5.41, 5.74) is 1.53. The molecule has 0 radical (unpaired) electrons. The lowest BCUT2D eigenvalue weighted by Gasteiger charge is -2.38. The van der Waals surface area contributed by atoms with Crippen LogP contribution < -0.4 is 10.1 Å². The zero-order valence-electron chi connectivity index (χ0n) is 14.9. The average molecular weight is 379 g/mol. The Balaban J connectivity index is 0.00000243. The second-order valence-corrected chi connectivity index (χ2v) is 6.43. The Morgan fingerprint density at radius 3 is 2.77 bits per heavy atom. The number of carbonyl (C=O) groups is 1. The summed E-state index contributed by atoms with van der Waals surface area (Å²) >= 11 is 0. The van der Waals surface area contributed by atoms with Crippen LogP contribution in [0.25, 0.3) is 0 Å². The van der Waals surface area contributed by atoms with Crippen molar-refractivity contribution in [1.82, 2.24) is 10.2 Å². The molecule has 1 saturated heterocycles. The Morgan fingerprint density at radius 1 is 1.23 bits per heavy atom. The van der Waals surface area contributed by atoms with Gasteiger partial charge in [0.05, 0.1) is 0 Å². The largest absolute Gasteiger partial charge is 0.489 e. The van der Waals surface area contributed by atoms with Crippen LogP contribution in [0.2, 0.25) is 0 Å². The minimum atomic E-state index is -0.330. The van der Waals surface area contributed by atoms with Crippen LogP contribution in [0.1, 0.15) is 29.8 Å². The Bertz CT molecular complexity index is 756. The SMILES string of the molecule is CC1NCCN(C(=O)c2cccc(COc3cccc(F)c3)c2)C1C.Cl. The first-order valence-corrected chi connectivity index (χ1v) is 8.56. The van der Waals surface area contributed by atoms with Gasteiger partial charge in [0, 0.05) is 36.8 Å². The van der Waals surface area contributed by atoms with Crippen molar-refractivity contribution in [3.05, 3.63) is 65.5 Å². The fourth-order valence-electron chi connectivity index (χ4n) is 3.03. The van der Waals surface area contributed by atoms with Crippen molar-refractivity contribution in [3.63, 3.8) is 0 Å². The fraction of sp³-hybridized carbons (Fsp3) is 0.350. The van der Waals surface area contributed by atoms with Crippen molar-refractivity contribution < 1.29 is 13.9 Å². The third-order valence-corrected chi connectivity index (χ3v) is 4.67. The summed E-state index contributed by atoms with van der Waals surface area (Å²) in [6.07, 6.45) is 0. The lowest BCUT2D eigenvalue weighted by molar-refractivity contribution is 0.0603. The summed E-state index contributed by atoms with van der Waals surface area (Å²) in [6.45, 7) is 5.95. The second-order valence-electron chi connectivity index (χ2n) is 6.43. The maximum atomic E-state index is 13.2. The molecule has 140 valence electrons. The molecule has 2 unspecified atom stereocenters.